The van der Waals surface area contributed by atoms with Crippen molar-refractivity contribution in [2.24, 2.45) is 34.5 Å². The van der Waals surface area contributed by atoms with Gasteiger partial charge >= 0.3 is 11.9 Å². The molecule has 4 aliphatic rings. The van der Waals surface area contributed by atoms with Gasteiger partial charge in [0.1, 0.15) is 6.61 Å². The highest BCUT2D eigenvalue weighted by Gasteiger charge is 2.59. The fraction of sp³-hybridized carbons (Fsp3) is 0.615. The molecule has 6 nitrogen and oxygen atoms in total. The van der Waals surface area contributed by atoms with Crippen molar-refractivity contribution in [3.63, 3.8) is 0 Å². The van der Waals surface area contributed by atoms with E-state index < -0.39 is 11.9 Å². The largest absolute Gasteiger partial charge is 0.481 e. The molecule has 2 fully saturated rings. The van der Waals surface area contributed by atoms with Crippen LogP contribution in [0.25, 0.3) is 0 Å². The number of aliphatic carboxylic acids is 1. The summed E-state index contributed by atoms with van der Waals surface area (Å²) in [7, 11) is 0. The second-order valence-corrected chi connectivity index (χ2v) is 10.4. The van der Waals surface area contributed by atoms with Crippen LogP contribution in [0.1, 0.15) is 59.3 Å². The number of Topliss-reactive ketones (excluding diaryl/α,β-unsaturated/α-hetero) is 1. The molecule has 4 rings (SSSR count). The topological polar surface area (TPSA) is 97.7 Å². The van der Waals surface area contributed by atoms with Crippen LogP contribution in [0.3, 0.4) is 0 Å². The van der Waals surface area contributed by atoms with Crippen LogP contribution in [0.4, 0.5) is 0 Å². The predicted octanol–water partition coefficient (Wildman–Crippen LogP) is 4.05. The predicted molar refractivity (Wildman–Crippen MR) is 117 cm³/mol. The number of esters is 1. The van der Waals surface area contributed by atoms with Crippen LogP contribution in [0, 0.1) is 34.5 Å². The Morgan fingerprint density at radius 3 is 2.69 bits per heavy atom. The van der Waals surface area contributed by atoms with Gasteiger partial charge in [0.15, 0.2) is 11.6 Å². The first-order valence-corrected chi connectivity index (χ1v) is 11.6. The molecule has 4 aliphatic carbocycles. The molecule has 0 heterocycles. The molecule has 0 aromatic carbocycles. The van der Waals surface area contributed by atoms with Crippen molar-refractivity contribution in [1.82, 2.24) is 0 Å². The maximum absolute atomic E-state index is 13.2. The summed E-state index contributed by atoms with van der Waals surface area (Å²) in [6, 6.07) is 0. The van der Waals surface area contributed by atoms with Gasteiger partial charge in [-0.3, -0.25) is 19.2 Å². The van der Waals surface area contributed by atoms with Crippen molar-refractivity contribution in [3.05, 3.63) is 35.5 Å². The third-order valence-corrected chi connectivity index (χ3v) is 8.55. The summed E-state index contributed by atoms with van der Waals surface area (Å²) in [4.78, 5) is 47.5. The molecule has 0 radical (unpaired) electrons. The number of ether oxygens (including phenoxy) is 1. The first kappa shape index (κ1) is 22.7. The Balaban J connectivity index is 1.52. The van der Waals surface area contributed by atoms with Gasteiger partial charge in [0, 0.05) is 11.3 Å². The summed E-state index contributed by atoms with van der Waals surface area (Å²) in [5.41, 5.74) is 2.19. The maximum atomic E-state index is 13.2. The Kier molecular flexibility index (Phi) is 5.76. The molecule has 0 saturated heterocycles. The van der Waals surface area contributed by atoms with E-state index in [4.69, 9.17) is 9.84 Å². The van der Waals surface area contributed by atoms with Crippen LogP contribution in [-0.4, -0.2) is 35.2 Å². The monoisotopic (exact) mass is 440 g/mol. The normalized spacial score (nSPS) is 37.5. The Hall–Kier alpha value is -2.50. The second-order valence-electron chi connectivity index (χ2n) is 10.4. The minimum Gasteiger partial charge on any atom is -0.481 e. The molecular formula is C26H32O6. The lowest BCUT2D eigenvalue weighted by atomic mass is 9.52. The Bertz CT molecular complexity index is 955. The lowest BCUT2D eigenvalue weighted by Crippen LogP contribution is -2.45. The van der Waals surface area contributed by atoms with Gasteiger partial charge in [0.05, 0.1) is 12.8 Å². The average molecular weight is 441 g/mol. The number of carbonyl (C=O) groups is 4. The van der Waals surface area contributed by atoms with Crippen LogP contribution < -0.4 is 0 Å². The Morgan fingerprint density at radius 1 is 1.22 bits per heavy atom. The van der Waals surface area contributed by atoms with E-state index in [0.29, 0.717) is 11.8 Å². The molecule has 0 aliphatic heterocycles. The van der Waals surface area contributed by atoms with E-state index in [9.17, 15) is 19.2 Å². The molecule has 2 unspecified atom stereocenters. The third-order valence-electron chi connectivity index (χ3n) is 8.55. The van der Waals surface area contributed by atoms with Gasteiger partial charge in [-0.15, -0.1) is 0 Å². The molecule has 0 aromatic rings. The fourth-order valence-electron chi connectivity index (χ4n) is 7.10. The molecule has 1 N–H and O–H groups in total. The summed E-state index contributed by atoms with van der Waals surface area (Å²) in [6.07, 6.45) is 11.0. The molecule has 0 amide bonds. The standard InChI is InChI=1S/C26H32O6/c1-15-12-20-18-5-4-16-13-17(27)8-10-25(16,2)19(18)9-11-26(20,3)24(15)21(28)14-32-23(31)7-6-22(29)30/h8-10,13,15,18,20,24H,4-7,11-12,14H2,1-3H3,(H,29,30)/t15-,18?,20?,24-,25+,26+/m1/s1. The summed E-state index contributed by atoms with van der Waals surface area (Å²) in [5, 5.41) is 8.70. The summed E-state index contributed by atoms with van der Waals surface area (Å²) in [5.74, 6) is -0.942. The maximum Gasteiger partial charge on any atom is 0.306 e. The van der Waals surface area contributed by atoms with Crippen LogP contribution in [-0.2, 0) is 23.9 Å². The van der Waals surface area contributed by atoms with E-state index in [1.165, 1.54) is 11.1 Å². The molecular weight excluding hydrogens is 408 g/mol. The van der Waals surface area contributed by atoms with Crippen LogP contribution in [0.15, 0.2) is 35.5 Å². The molecule has 0 bridgehead atoms. The van der Waals surface area contributed by atoms with E-state index in [1.807, 2.05) is 0 Å². The lowest BCUT2D eigenvalue weighted by Gasteiger charge is -2.52. The minimum absolute atomic E-state index is 0.0613. The quantitative estimate of drug-likeness (QED) is 0.494. The van der Waals surface area contributed by atoms with Gasteiger partial charge in [0.2, 0.25) is 0 Å². The molecule has 172 valence electrons. The van der Waals surface area contributed by atoms with E-state index in [1.54, 1.807) is 12.2 Å². The zero-order valence-electron chi connectivity index (χ0n) is 19.1. The summed E-state index contributed by atoms with van der Waals surface area (Å²) < 4.78 is 5.13. The number of allylic oxidation sites excluding steroid dienone is 6. The van der Waals surface area contributed by atoms with E-state index in [-0.39, 0.29) is 53.7 Å². The van der Waals surface area contributed by atoms with Crippen LogP contribution >= 0.6 is 0 Å². The van der Waals surface area contributed by atoms with Gasteiger partial charge in [-0.1, -0.05) is 37.1 Å². The number of rotatable bonds is 6. The zero-order chi connectivity index (χ0) is 23.3. The highest BCUT2D eigenvalue weighted by Crippen LogP contribution is 2.65. The fourth-order valence-corrected chi connectivity index (χ4v) is 7.10. The lowest BCUT2D eigenvalue weighted by molar-refractivity contribution is -0.152. The zero-order valence-corrected chi connectivity index (χ0v) is 19.1. The summed E-state index contributed by atoms with van der Waals surface area (Å²) in [6.45, 7) is 6.25. The minimum atomic E-state index is -1.06. The molecule has 6 atom stereocenters. The average Bonchev–Trinajstić information content (AvgIpc) is 3.01. The first-order valence-electron chi connectivity index (χ1n) is 11.6. The van der Waals surface area contributed by atoms with Gasteiger partial charge in [0.25, 0.3) is 0 Å². The van der Waals surface area contributed by atoms with Crippen molar-refractivity contribution in [3.8, 4) is 0 Å². The first-order chi connectivity index (χ1) is 15.1. The Labute approximate surface area is 188 Å². The van der Waals surface area contributed by atoms with E-state index >= 15 is 0 Å². The number of carbonyl (C=O) groups excluding carboxylic acids is 3. The highest BCUT2D eigenvalue weighted by atomic mass is 16.5. The molecule has 0 aromatic heterocycles. The Morgan fingerprint density at radius 2 is 1.97 bits per heavy atom. The number of hydrogen-bond acceptors (Lipinski definition) is 5. The van der Waals surface area contributed by atoms with Crippen LogP contribution in [0.2, 0.25) is 0 Å². The molecule has 32 heavy (non-hydrogen) atoms. The number of ketones is 2. The van der Waals surface area contributed by atoms with Gasteiger partial charge < -0.3 is 9.84 Å². The SMILES string of the molecule is C[C@@H]1CC2C3CCC4=CC(=O)C=C[C@]4(C)C3=CC[C@]2(C)[C@H]1C(=O)COC(=O)CCC(=O)O. The summed E-state index contributed by atoms with van der Waals surface area (Å²) >= 11 is 0. The van der Waals surface area contributed by atoms with Crippen molar-refractivity contribution in [2.75, 3.05) is 6.61 Å². The molecule has 0 spiro atoms. The van der Waals surface area contributed by atoms with Crippen LogP contribution in [0.5, 0.6) is 0 Å². The number of carboxylic acid groups (broad SMARTS) is 1. The number of hydrogen-bond donors (Lipinski definition) is 1. The van der Waals surface area contributed by atoms with Crippen molar-refractivity contribution >= 4 is 23.5 Å². The van der Waals surface area contributed by atoms with Crippen molar-refractivity contribution in [2.45, 2.75) is 59.3 Å². The number of carboxylic acids is 1. The molecule has 6 heteroatoms. The molecule has 2 saturated carbocycles. The van der Waals surface area contributed by atoms with Crippen molar-refractivity contribution in [1.29, 1.82) is 0 Å². The van der Waals surface area contributed by atoms with E-state index in [0.717, 1.165) is 25.7 Å². The third kappa shape index (κ3) is 3.67. The smallest absolute Gasteiger partial charge is 0.306 e. The van der Waals surface area contributed by atoms with E-state index in [2.05, 4.69) is 32.9 Å². The van der Waals surface area contributed by atoms with Gasteiger partial charge in [-0.25, -0.2) is 0 Å². The highest BCUT2D eigenvalue weighted by molar-refractivity contribution is 6.01. The van der Waals surface area contributed by atoms with Gasteiger partial charge in [-0.2, -0.15) is 0 Å². The van der Waals surface area contributed by atoms with Crippen molar-refractivity contribution < 1.29 is 29.0 Å². The number of fused-ring (bicyclic) bond motifs is 5. The second kappa shape index (κ2) is 8.13. The van der Waals surface area contributed by atoms with Gasteiger partial charge in [-0.05, 0) is 67.9 Å².